The van der Waals surface area contributed by atoms with Crippen molar-refractivity contribution in [3.8, 4) is 0 Å². The number of aryl methyl sites for hydroxylation is 1. The summed E-state index contributed by atoms with van der Waals surface area (Å²) in [5, 5.41) is 19.8. The van der Waals surface area contributed by atoms with Crippen molar-refractivity contribution in [1.29, 1.82) is 0 Å². The van der Waals surface area contributed by atoms with Crippen molar-refractivity contribution in [1.82, 2.24) is 4.90 Å². The van der Waals surface area contributed by atoms with Crippen molar-refractivity contribution >= 4 is 0 Å². The molecule has 0 saturated carbocycles. The van der Waals surface area contributed by atoms with Gasteiger partial charge in [0, 0.05) is 6.54 Å². The van der Waals surface area contributed by atoms with E-state index in [0.29, 0.717) is 13.2 Å². The van der Waals surface area contributed by atoms with Crippen LogP contribution in [0.3, 0.4) is 0 Å². The monoisotopic (exact) mass is 307 g/mol. The zero-order valence-electron chi connectivity index (χ0n) is 14.0. The predicted molar refractivity (Wildman–Crippen MR) is 87.8 cm³/mol. The molecule has 1 aromatic carbocycles. The first-order valence-corrected chi connectivity index (χ1v) is 8.19. The fourth-order valence-corrected chi connectivity index (χ4v) is 2.84. The minimum Gasteiger partial charge on any atom is -0.390 e. The second-order valence-corrected chi connectivity index (χ2v) is 6.86. The number of aliphatic hydroxyl groups is 2. The lowest BCUT2D eigenvalue weighted by Gasteiger charge is -2.28. The standard InChI is InChI=1S/C18H29NO3/c1-4-19(16-12-22-13-17(16)20)11-15-7-5-14(6-8-15)9-10-18(2,3)21/h5-8,16-17,20-21H,4,9-13H2,1-3H3/t16-,17-/m1/s1. The van der Waals surface area contributed by atoms with E-state index in [4.69, 9.17) is 4.74 Å². The van der Waals surface area contributed by atoms with E-state index < -0.39 is 5.60 Å². The third-order valence-corrected chi connectivity index (χ3v) is 4.33. The molecular weight excluding hydrogens is 278 g/mol. The van der Waals surface area contributed by atoms with Crippen LogP contribution in [0.5, 0.6) is 0 Å². The smallest absolute Gasteiger partial charge is 0.0950 e. The van der Waals surface area contributed by atoms with Crippen molar-refractivity contribution in [2.45, 2.75) is 57.9 Å². The summed E-state index contributed by atoms with van der Waals surface area (Å²) in [7, 11) is 0. The van der Waals surface area contributed by atoms with E-state index in [1.165, 1.54) is 11.1 Å². The fraction of sp³-hybridized carbons (Fsp3) is 0.667. The summed E-state index contributed by atoms with van der Waals surface area (Å²) < 4.78 is 5.36. The van der Waals surface area contributed by atoms with E-state index in [-0.39, 0.29) is 12.1 Å². The Morgan fingerprint density at radius 2 is 1.82 bits per heavy atom. The zero-order valence-corrected chi connectivity index (χ0v) is 14.0. The summed E-state index contributed by atoms with van der Waals surface area (Å²) in [5.41, 5.74) is 1.88. The number of nitrogens with zero attached hydrogens (tertiary/aromatic N) is 1. The summed E-state index contributed by atoms with van der Waals surface area (Å²) in [6.45, 7) is 8.57. The maximum absolute atomic E-state index is 9.97. The molecule has 0 aromatic heterocycles. The zero-order chi connectivity index (χ0) is 16.2. The van der Waals surface area contributed by atoms with Crippen LogP contribution >= 0.6 is 0 Å². The third-order valence-electron chi connectivity index (χ3n) is 4.33. The van der Waals surface area contributed by atoms with Crippen LogP contribution < -0.4 is 0 Å². The van der Waals surface area contributed by atoms with Crippen molar-refractivity contribution in [2.24, 2.45) is 0 Å². The first-order chi connectivity index (χ1) is 10.4. The van der Waals surface area contributed by atoms with Crippen LogP contribution in [0.2, 0.25) is 0 Å². The largest absolute Gasteiger partial charge is 0.390 e. The molecule has 4 heteroatoms. The fourth-order valence-electron chi connectivity index (χ4n) is 2.84. The van der Waals surface area contributed by atoms with Crippen LogP contribution in [0.25, 0.3) is 0 Å². The highest BCUT2D eigenvalue weighted by molar-refractivity contribution is 5.23. The second kappa shape index (κ2) is 7.55. The molecular formula is C18H29NO3. The highest BCUT2D eigenvalue weighted by Crippen LogP contribution is 2.18. The molecule has 1 aliphatic heterocycles. The Morgan fingerprint density at radius 3 is 2.32 bits per heavy atom. The maximum atomic E-state index is 9.97. The molecule has 0 spiro atoms. The quantitative estimate of drug-likeness (QED) is 0.809. The number of benzene rings is 1. The molecule has 1 heterocycles. The molecule has 2 N–H and O–H groups in total. The van der Waals surface area contributed by atoms with Crippen LogP contribution in [0.1, 0.15) is 38.3 Å². The molecule has 0 radical (unpaired) electrons. The number of aliphatic hydroxyl groups excluding tert-OH is 1. The van der Waals surface area contributed by atoms with Gasteiger partial charge in [-0.25, -0.2) is 0 Å². The van der Waals surface area contributed by atoms with Crippen molar-refractivity contribution < 1.29 is 14.9 Å². The van der Waals surface area contributed by atoms with Crippen molar-refractivity contribution in [2.75, 3.05) is 19.8 Å². The molecule has 4 nitrogen and oxygen atoms in total. The van der Waals surface area contributed by atoms with Crippen LogP contribution in [0.4, 0.5) is 0 Å². The van der Waals surface area contributed by atoms with Gasteiger partial charge in [-0.05, 0) is 44.4 Å². The first-order valence-electron chi connectivity index (χ1n) is 8.19. The Morgan fingerprint density at radius 1 is 1.18 bits per heavy atom. The van der Waals surface area contributed by atoms with E-state index in [2.05, 4.69) is 36.1 Å². The molecule has 0 bridgehead atoms. The van der Waals surface area contributed by atoms with Crippen LogP contribution in [-0.4, -0.2) is 52.6 Å². The first kappa shape index (κ1) is 17.4. The lowest BCUT2D eigenvalue weighted by molar-refractivity contribution is 0.0714. The van der Waals surface area contributed by atoms with Gasteiger partial charge in [0.2, 0.25) is 0 Å². The molecule has 1 fully saturated rings. The average molecular weight is 307 g/mol. The van der Waals surface area contributed by atoms with Gasteiger partial charge < -0.3 is 14.9 Å². The van der Waals surface area contributed by atoms with E-state index in [1.54, 1.807) is 0 Å². The van der Waals surface area contributed by atoms with E-state index in [9.17, 15) is 10.2 Å². The molecule has 2 rings (SSSR count). The lowest BCUT2D eigenvalue weighted by atomic mass is 9.98. The molecule has 2 atom stereocenters. The number of likely N-dealkylation sites (N-methyl/N-ethyl adjacent to an activating group) is 1. The molecule has 0 unspecified atom stereocenters. The van der Waals surface area contributed by atoms with E-state index in [0.717, 1.165) is 25.9 Å². The molecule has 124 valence electrons. The molecule has 1 aromatic rings. The Balaban J connectivity index is 1.92. The van der Waals surface area contributed by atoms with Crippen molar-refractivity contribution in [3.63, 3.8) is 0 Å². The van der Waals surface area contributed by atoms with Gasteiger partial charge in [-0.15, -0.1) is 0 Å². The van der Waals surface area contributed by atoms with E-state index >= 15 is 0 Å². The second-order valence-electron chi connectivity index (χ2n) is 6.86. The van der Waals surface area contributed by atoms with Crippen LogP contribution in [0, 0.1) is 0 Å². The highest BCUT2D eigenvalue weighted by atomic mass is 16.5. The number of hydrogen-bond acceptors (Lipinski definition) is 4. The Kier molecular flexibility index (Phi) is 5.98. The minimum atomic E-state index is -0.615. The predicted octanol–water partition coefficient (Wildman–Crippen LogP) is 1.97. The van der Waals surface area contributed by atoms with Gasteiger partial charge in [0.05, 0.1) is 31.0 Å². The Labute approximate surface area is 133 Å². The van der Waals surface area contributed by atoms with E-state index in [1.807, 2.05) is 13.8 Å². The summed E-state index contributed by atoms with van der Waals surface area (Å²) in [6.07, 6.45) is 1.26. The molecule has 0 amide bonds. The highest BCUT2D eigenvalue weighted by Gasteiger charge is 2.30. The maximum Gasteiger partial charge on any atom is 0.0950 e. The summed E-state index contributed by atoms with van der Waals surface area (Å²) in [6, 6.07) is 8.65. The molecule has 22 heavy (non-hydrogen) atoms. The van der Waals surface area contributed by atoms with Gasteiger partial charge in [0.25, 0.3) is 0 Å². The molecule has 0 aliphatic carbocycles. The number of rotatable bonds is 7. The SMILES string of the molecule is CCN(Cc1ccc(CCC(C)(C)O)cc1)[C@@H]1COC[C@H]1O. The lowest BCUT2D eigenvalue weighted by Crippen LogP contribution is -2.42. The number of ether oxygens (including phenoxy) is 1. The Bertz CT molecular complexity index is 452. The molecule has 1 aliphatic rings. The van der Waals surface area contributed by atoms with Gasteiger partial charge in [0.15, 0.2) is 0 Å². The summed E-state index contributed by atoms with van der Waals surface area (Å²) in [5.74, 6) is 0. The van der Waals surface area contributed by atoms with Crippen LogP contribution in [-0.2, 0) is 17.7 Å². The van der Waals surface area contributed by atoms with Gasteiger partial charge in [-0.2, -0.15) is 0 Å². The normalized spacial score (nSPS) is 22.5. The van der Waals surface area contributed by atoms with Gasteiger partial charge in [-0.1, -0.05) is 31.2 Å². The molecule has 1 saturated heterocycles. The number of hydrogen-bond donors (Lipinski definition) is 2. The van der Waals surface area contributed by atoms with Gasteiger partial charge in [-0.3, -0.25) is 4.90 Å². The van der Waals surface area contributed by atoms with Gasteiger partial charge in [0.1, 0.15) is 0 Å². The minimum absolute atomic E-state index is 0.0971. The third kappa shape index (κ3) is 5.06. The van der Waals surface area contributed by atoms with Gasteiger partial charge >= 0.3 is 0 Å². The van der Waals surface area contributed by atoms with Crippen LogP contribution in [0.15, 0.2) is 24.3 Å². The van der Waals surface area contributed by atoms with Crippen molar-refractivity contribution in [3.05, 3.63) is 35.4 Å². The average Bonchev–Trinajstić information content (AvgIpc) is 2.89. The topological polar surface area (TPSA) is 52.9 Å². The Hall–Kier alpha value is -0.940. The summed E-state index contributed by atoms with van der Waals surface area (Å²) in [4.78, 5) is 2.27. The summed E-state index contributed by atoms with van der Waals surface area (Å²) >= 11 is 0.